The Labute approximate surface area is 220 Å². The number of Topliss-reactive ketones (excluding diaryl/α,β-unsaturated/α-hetero) is 2. The molecular weight excluding hydrogens is 470 g/mol. The molecule has 0 unspecified atom stereocenters. The van der Waals surface area contributed by atoms with Crippen molar-refractivity contribution in [1.29, 1.82) is 0 Å². The summed E-state index contributed by atoms with van der Waals surface area (Å²) in [4.78, 5) is 27.4. The number of hydrogen-bond donors (Lipinski definition) is 1. The van der Waals surface area contributed by atoms with Crippen LogP contribution in [0, 0.1) is 5.92 Å². The van der Waals surface area contributed by atoms with E-state index in [9.17, 15) is 14.7 Å². The van der Waals surface area contributed by atoms with Crippen molar-refractivity contribution < 1.29 is 28.9 Å². The van der Waals surface area contributed by atoms with Gasteiger partial charge in [0, 0.05) is 37.3 Å². The Morgan fingerprint density at radius 1 is 1.00 bits per heavy atom. The maximum Gasteiger partial charge on any atom is 0.162 e. The first-order valence-electron chi connectivity index (χ1n) is 13.4. The van der Waals surface area contributed by atoms with Gasteiger partial charge in [-0.1, -0.05) is 19.4 Å². The van der Waals surface area contributed by atoms with Gasteiger partial charge in [-0.05, 0) is 74.8 Å². The number of rotatable bonds is 16. The number of unbranched alkanes of at least 4 members (excludes halogenated alkanes) is 2. The van der Waals surface area contributed by atoms with Crippen LogP contribution in [0.4, 0.5) is 0 Å². The van der Waals surface area contributed by atoms with Gasteiger partial charge in [-0.25, -0.2) is 0 Å². The zero-order chi connectivity index (χ0) is 26.6. The zero-order valence-electron chi connectivity index (χ0n) is 22.4. The molecule has 0 aliphatic carbocycles. The van der Waals surface area contributed by atoms with E-state index in [2.05, 4.69) is 11.8 Å². The Morgan fingerprint density at radius 3 is 2.41 bits per heavy atom. The van der Waals surface area contributed by atoms with Crippen molar-refractivity contribution in [3.63, 3.8) is 0 Å². The van der Waals surface area contributed by atoms with Gasteiger partial charge in [0.25, 0.3) is 0 Å². The van der Waals surface area contributed by atoms with Gasteiger partial charge in [-0.15, -0.1) is 0 Å². The maximum atomic E-state index is 12.9. The lowest BCUT2D eigenvalue weighted by atomic mass is 9.89. The minimum atomic E-state index is -0.777. The molecule has 0 fully saturated rings. The smallest absolute Gasteiger partial charge is 0.162 e. The van der Waals surface area contributed by atoms with Gasteiger partial charge in [-0.3, -0.25) is 9.59 Å². The average molecular weight is 512 g/mol. The van der Waals surface area contributed by atoms with Crippen LogP contribution in [-0.4, -0.2) is 62.0 Å². The quantitative estimate of drug-likeness (QED) is 0.243. The average Bonchev–Trinajstić information content (AvgIpc) is 2.91. The van der Waals surface area contributed by atoms with Crippen LogP contribution >= 0.6 is 0 Å². The highest BCUT2D eigenvalue weighted by Gasteiger charge is 2.26. The van der Waals surface area contributed by atoms with Crippen molar-refractivity contribution in [2.24, 2.45) is 5.92 Å². The van der Waals surface area contributed by atoms with Crippen LogP contribution < -0.4 is 14.2 Å². The molecule has 2 aromatic carbocycles. The van der Waals surface area contributed by atoms with Gasteiger partial charge >= 0.3 is 0 Å². The van der Waals surface area contributed by atoms with Crippen LogP contribution in [0.2, 0.25) is 0 Å². The summed E-state index contributed by atoms with van der Waals surface area (Å²) >= 11 is 0. The fraction of sp³-hybridized carbons (Fsp3) is 0.533. The topological polar surface area (TPSA) is 85.3 Å². The molecule has 0 saturated carbocycles. The lowest BCUT2D eigenvalue weighted by Gasteiger charge is -2.28. The molecule has 7 heteroatoms. The predicted octanol–water partition coefficient (Wildman–Crippen LogP) is 5.25. The molecule has 1 aliphatic heterocycles. The van der Waals surface area contributed by atoms with E-state index in [0.717, 1.165) is 43.5 Å². The molecule has 0 bridgehead atoms. The Balaban J connectivity index is 1.49. The minimum Gasteiger partial charge on any atom is -0.497 e. The summed E-state index contributed by atoms with van der Waals surface area (Å²) < 4.78 is 16.4. The van der Waals surface area contributed by atoms with E-state index in [1.807, 2.05) is 25.2 Å². The fourth-order valence-corrected chi connectivity index (χ4v) is 4.77. The molecule has 2 atom stereocenters. The molecule has 37 heavy (non-hydrogen) atoms. The Hall–Kier alpha value is -2.90. The van der Waals surface area contributed by atoms with E-state index < -0.39 is 6.10 Å². The molecule has 7 nitrogen and oxygen atoms in total. The zero-order valence-corrected chi connectivity index (χ0v) is 22.4. The molecule has 1 N–H and O–H groups in total. The molecule has 202 valence electrons. The van der Waals surface area contributed by atoms with Crippen molar-refractivity contribution in [3.8, 4) is 17.2 Å². The number of carbonyl (C=O) groups excluding carboxylic acids is 2. The lowest BCUT2D eigenvalue weighted by Crippen LogP contribution is -2.31. The van der Waals surface area contributed by atoms with E-state index in [1.54, 1.807) is 31.4 Å². The Bertz CT molecular complexity index is 1010. The summed E-state index contributed by atoms with van der Waals surface area (Å²) in [5, 5.41) is 11.2. The predicted molar refractivity (Wildman–Crippen MR) is 144 cm³/mol. The number of hydrogen-bond acceptors (Lipinski definition) is 7. The summed E-state index contributed by atoms with van der Waals surface area (Å²) in [5.74, 6) is 2.09. The maximum absolute atomic E-state index is 12.9. The molecule has 0 spiro atoms. The summed E-state index contributed by atoms with van der Waals surface area (Å²) in [6, 6.07) is 12.7. The number of carbonyl (C=O) groups is 2. The summed E-state index contributed by atoms with van der Waals surface area (Å²) in [5.41, 5.74) is 1.42. The van der Waals surface area contributed by atoms with E-state index in [-0.39, 0.29) is 17.5 Å². The number of fused-ring (bicyclic) bond motifs is 1. The number of ether oxygens (including phenoxy) is 3. The van der Waals surface area contributed by atoms with Crippen LogP contribution in [0.5, 0.6) is 17.2 Å². The van der Waals surface area contributed by atoms with Crippen molar-refractivity contribution in [2.75, 3.05) is 40.5 Å². The first-order chi connectivity index (χ1) is 17.9. The molecule has 3 rings (SSSR count). The molecular formula is C30H41NO6. The molecule has 1 heterocycles. The second-order valence-electron chi connectivity index (χ2n) is 9.83. The summed E-state index contributed by atoms with van der Waals surface area (Å²) in [6.45, 7) is 4.66. The van der Waals surface area contributed by atoms with Gasteiger partial charge in [-0.2, -0.15) is 0 Å². The van der Waals surface area contributed by atoms with Crippen molar-refractivity contribution >= 4 is 11.6 Å². The molecule has 1 aliphatic rings. The van der Waals surface area contributed by atoms with E-state index >= 15 is 0 Å². The van der Waals surface area contributed by atoms with Crippen LogP contribution in [0.1, 0.15) is 73.9 Å². The minimum absolute atomic E-state index is 0.107. The van der Waals surface area contributed by atoms with Crippen molar-refractivity contribution in [3.05, 3.63) is 53.6 Å². The van der Waals surface area contributed by atoms with Gasteiger partial charge in [0.2, 0.25) is 0 Å². The number of nitrogens with zero attached hydrogens (tertiary/aromatic N) is 1. The molecule has 0 radical (unpaired) electrons. The van der Waals surface area contributed by atoms with Crippen LogP contribution in [-0.2, 0) is 4.79 Å². The van der Waals surface area contributed by atoms with E-state index in [4.69, 9.17) is 14.2 Å². The number of benzene rings is 2. The molecule has 2 aromatic rings. The SMILES string of the molecule is CCCN(C)C[C@H](CC(=O)CCCCCC(=O)c1ccc(OC)cc1)[C@@H](O)c1ccc2c(c1)OCCO2. The van der Waals surface area contributed by atoms with Gasteiger partial charge in [0.1, 0.15) is 24.7 Å². The summed E-state index contributed by atoms with van der Waals surface area (Å²) in [6.07, 6.45) is 3.78. The normalized spacial score (nSPS) is 14.3. The fourth-order valence-electron chi connectivity index (χ4n) is 4.77. The highest BCUT2D eigenvalue weighted by molar-refractivity contribution is 5.96. The number of ketones is 2. The van der Waals surface area contributed by atoms with Crippen molar-refractivity contribution in [2.45, 2.75) is 58.0 Å². The third kappa shape index (κ3) is 8.86. The van der Waals surface area contributed by atoms with Gasteiger partial charge in [0.05, 0.1) is 13.2 Å². The monoisotopic (exact) mass is 511 g/mol. The van der Waals surface area contributed by atoms with Crippen LogP contribution in [0.15, 0.2) is 42.5 Å². The largest absolute Gasteiger partial charge is 0.497 e. The van der Waals surface area contributed by atoms with Crippen LogP contribution in [0.25, 0.3) is 0 Å². The highest BCUT2D eigenvalue weighted by Crippen LogP contribution is 2.35. The third-order valence-electron chi connectivity index (χ3n) is 6.77. The van der Waals surface area contributed by atoms with Gasteiger partial charge < -0.3 is 24.2 Å². The van der Waals surface area contributed by atoms with E-state index in [0.29, 0.717) is 56.1 Å². The first-order valence-corrected chi connectivity index (χ1v) is 13.4. The van der Waals surface area contributed by atoms with Gasteiger partial charge in [0.15, 0.2) is 17.3 Å². The number of methoxy groups -OCH3 is 1. The second kappa shape index (κ2) is 14.7. The molecule has 0 amide bonds. The standard InChI is InChI=1S/C30H41NO6/c1-4-16-31(2)21-24(30(34)23-12-15-28-29(20-23)37-18-17-36-28)19-25(32)8-6-5-7-9-27(33)22-10-13-26(35-3)14-11-22/h10-15,20,24,30,34H,4-9,16-19,21H2,1-3H3/t24-,30-/m0/s1. The molecule has 0 aromatic heterocycles. The third-order valence-corrected chi connectivity index (χ3v) is 6.77. The lowest BCUT2D eigenvalue weighted by molar-refractivity contribution is -0.121. The highest BCUT2D eigenvalue weighted by atomic mass is 16.6. The Morgan fingerprint density at radius 2 is 1.70 bits per heavy atom. The van der Waals surface area contributed by atoms with Crippen LogP contribution in [0.3, 0.4) is 0 Å². The van der Waals surface area contributed by atoms with Crippen molar-refractivity contribution in [1.82, 2.24) is 4.90 Å². The summed E-state index contributed by atoms with van der Waals surface area (Å²) in [7, 11) is 3.63. The number of aliphatic hydroxyl groups excluding tert-OH is 1. The van der Waals surface area contributed by atoms with E-state index in [1.165, 1.54) is 0 Å². The Kier molecular flexibility index (Phi) is 11.4. The number of aliphatic hydroxyl groups is 1. The first kappa shape index (κ1) is 28.7. The second-order valence-corrected chi connectivity index (χ2v) is 9.83. The molecule has 0 saturated heterocycles.